The van der Waals surface area contributed by atoms with E-state index in [4.69, 9.17) is 4.74 Å². The molecule has 0 spiro atoms. The molecule has 0 fully saturated rings. The summed E-state index contributed by atoms with van der Waals surface area (Å²) in [5.41, 5.74) is 1.29. The van der Waals surface area contributed by atoms with Crippen LogP contribution in [0.3, 0.4) is 0 Å². The van der Waals surface area contributed by atoms with E-state index in [0.29, 0.717) is 16.7 Å². The lowest BCUT2D eigenvalue weighted by molar-refractivity contribution is -0.384. The number of nitrogens with one attached hydrogen (secondary N) is 2. The molecule has 33 heavy (non-hydrogen) atoms. The van der Waals surface area contributed by atoms with Gasteiger partial charge in [-0.15, -0.1) is 0 Å². The Balaban J connectivity index is 1.56. The van der Waals surface area contributed by atoms with Crippen molar-refractivity contribution in [1.82, 2.24) is 13.5 Å². The first kappa shape index (κ1) is 24.0. The van der Waals surface area contributed by atoms with Crippen LogP contribution < -0.4 is 14.9 Å². The summed E-state index contributed by atoms with van der Waals surface area (Å²) in [5.74, 6) is -1.66. The van der Waals surface area contributed by atoms with Crippen LogP contribution in [0.1, 0.15) is 0 Å². The summed E-state index contributed by atoms with van der Waals surface area (Å²) in [5, 5.41) is 13.8. The average Bonchev–Trinajstić information content (AvgIpc) is 3.26. The number of nitro groups is 1. The summed E-state index contributed by atoms with van der Waals surface area (Å²) in [6.45, 7) is -1.43. The van der Waals surface area contributed by atoms with E-state index >= 15 is 0 Å². The molecule has 2 aromatic carbocycles. The van der Waals surface area contributed by atoms with Gasteiger partial charge in [-0.3, -0.25) is 19.7 Å². The SMILES string of the molecule is CN(C)c1ccc(S(=O)(=O)NCC(=O)OCC(=O)Nc2cccc3nsnc23)cc1[N+](=O)[O-]. The topological polar surface area (TPSA) is 174 Å². The van der Waals surface area contributed by atoms with Crippen molar-refractivity contribution in [3.05, 3.63) is 46.5 Å². The molecule has 1 aromatic heterocycles. The van der Waals surface area contributed by atoms with Gasteiger partial charge in [0.1, 0.15) is 23.3 Å². The summed E-state index contributed by atoms with van der Waals surface area (Å²) >= 11 is 0.982. The van der Waals surface area contributed by atoms with Crippen LogP contribution in [-0.4, -0.2) is 61.2 Å². The number of amides is 1. The van der Waals surface area contributed by atoms with Gasteiger partial charge in [-0.05, 0) is 24.3 Å². The van der Waals surface area contributed by atoms with E-state index in [1.54, 1.807) is 32.3 Å². The number of nitrogens with zero attached hydrogens (tertiary/aromatic N) is 4. The molecule has 0 saturated heterocycles. The second-order valence-electron chi connectivity index (χ2n) is 6.77. The van der Waals surface area contributed by atoms with Crippen LogP contribution in [0.4, 0.5) is 17.1 Å². The molecule has 3 aromatic rings. The number of hydrogen-bond acceptors (Lipinski definition) is 11. The summed E-state index contributed by atoms with van der Waals surface area (Å²) < 4.78 is 39.8. The lowest BCUT2D eigenvalue weighted by Gasteiger charge is -2.13. The van der Waals surface area contributed by atoms with Crippen molar-refractivity contribution >= 4 is 61.7 Å². The van der Waals surface area contributed by atoms with Gasteiger partial charge in [0.25, 0.3) is 11.6 Å². The molecule has 0 saturated carbocycles. The molecule has 1 heterocycles. The quantitative estimate of drug-likeness (QED) is 0.249. The first-order valence-electron chi connectivity index (χ1n) is 9.20. The van der Waals surface area contributed by atoms with Gasteiger partial charge in [-0.1, -0.05) is 6.07 Å². The Bertz CT molecular complexity index is 1320. The Labute approximate surface area is 191 Å². The van der Waals surface area contributed by atoms with Crippen molar-refractivity contribution in [2.75, 3.05) is 37.5 Å². The largest absolute Gasteiger partial charge is 0.455 e. The Morgan fingerprint density at radius 2 is 1.97 bits per heavy atom. The van der Waals surface area contributed by atoms with Crippen LogP contribution in [0.5, 0.6) is 0 Å². The summed E-state index contributed by atoms with van der Waals surface area (Å²) in [6, 6.07) is 8.37. The molecule has 174 valence electrons. The van der Waals surface area contributed by atoms with Gasteiger partial charge in [0.15, 0.2) is 6.61 Å². The van der Waals surface area contributed by atoms with Crippen LogP contribution >= 0.6 is 11.7 Å². The molecule has 0 radical (unpaired) electrons. The summed E-state index contributed by atoms with van der Waals surface area (Å²) in [6.07, 6.45) is 0. The number of hydrogen-bond donors (Lipinski definition) is 2. The predicted molar refractivity (Wildman–Crippen MR) is 120 cm³/mol. The number of nitro benzene ring substituents is 1. The fourth-order valence-corrected chi connectivity index (χ4v) is 4.26. The van der Waals surface area contributed by atoms with Crippen molar-refractivity contribution in [3.63, 3.8) is 0 Å². The third kappa shape index (κ3) is 5.76. The highest BCUT2D eigenvalue weighted by Crippen LogP contribution is 2.29. The van der Waals surface area contributed by atoms with Crippen molar-refractivity contribution in [2.45, 2.75) is 4.90 Å². The average molecular weight is 495 g/mol. The van der Waals surface area contributed by atoms with Crippen molar-refractivity contribution in [2.24, 2.45) is 0 Å². The highest BCUT2D eigenvalue weighted by Gasteiger charge is 2.23. The minimum atomic E-state index is -4.25. The molecule has 0 aliphatic heterocycles. The normalized spacial score (nSPS) is 11.2. The third-order valence-electron chi connectivity index (χ3n) is 4.27. The second kappa shape index (κ2) is 9.85. The molecule has 13 nitrogen and oxygen atoms in total. The minimum Gasteiger partial charge on any atom is -0.455 e. The van der Waals surface area contributed by atoms with Gasteiger partial charge in [-0.25, -0.2) is 8.42 Å². The number of carbonyl (C=O) groups is 2. The van der Waals surface area contributed by atoms with Crippen LogP contribution in [-0.2, 0) is 24.3 Å². The maximum absolute atomic E-state index is 12.4. The molecule has 3 rings (SSSR count). The number of esters is 1. The van der Waals surface area contributed by atoms with Gasteiger partial charge in [0.05, 0.1) is 27.2 Å². The number of ether oxygens (including phenoxy) is 1. The number of aromatic nitrogens is 2. The van der Waals surface area contributed by atoms with Crippen LogP contribution in [0.25, 0.3) is 11.0 Å². The first-order chi connectivity index (χ1) is 15.6. The maximum Gasteiger partial charge on any atom is 0.321 e. The number of sulfonamides is 1. The molecular formula is C18H18N6O7S2. The van der Waals surface area contributed by atoms with Crippen LogP contribution in [0, 0.1) is 10.1 Å². The van der Waals surface area contributed by atoms with E-state index in [9.17, 15) is 28.1 Å². The van der Waals surface area contributed by atoms with E-state index in [1.807, 2.05) is 4.72 Å². The fraction of sp³-hybridized carbons (Fsp3) is 0.222. The van der Waals surface area contributed by atoms with Gasteiger partial charge in [0, 0.05) is 20.2 Å². The van der Waals surface area contributed by atoms with Crippen LogP contribution in [0.2, 0.25) is 0 Å². The third-order valence-corrected chi connectivity index (χ3v) is 6.21. The monoisotopic (exact) mass is 494 g/mol. The Morgan fingerprint density at radius 3 is 2.67 bits per heavy atom. The van der Waals surface area contributed by atoms with E-state index in [0.717, 1.165) is 17.8 Å². The molecule has 2 N–H and O–H groups in total. The zero-order valence-corrected chi connectivity index (χ0v) is 19.0. The van der Waals surface area contributed by atoms with Crippen molar-refractivity contribution in [3.8, 4) is 0 Å². The smallest absolute Gasteiger partial charge is 0.321 e. The zero-order valence-electron chi connectivity index (χ0n) is 17.3. The van der Waals surface area contributed by atoms with Gasteiger partial charge in [0.2, 0.25) is 10.0 Å². The molecule has 0 unspecified atom stereocenters. The lowest BCUT2D eigenvalue weighted by atomic mass is 10.2. The zero-order chi connectivity index (χ0) is 24.2. The predicted octanol–water partition coefficient (Wildman–Crippen LogP) is 1.13. The first-order valence-corrected chi connectivity index (χ1v) is 11.4. The maximum atomic E-state index is 12.4. The molecule has 1 amide bonds. The van der Waals surface area contributed by atoms with Crippen LogP contribution in [0.15, 0.2) is 41.3 Å². The van der Waals surface area contributed by atoms with Gasteiger partial charge in [-0.2, -0.15) is 13.5 Å². The van der Waals surface area contributed by atoms with Gasteiger partial charge >= 0.3 is 5.97 Å². The van der Waals surface area contributed by atoms with E-state index in [-0.39, 0.29) is 5.69 Å². The van der Waals surface area contributed by atoms with Crippen molar-refractivity contribution < 1.29 is 27.7 Å². The molecule has 0 bridgehead atoms. The number of carbonyl (C=O) groups excluding carboxylic acids is 2. The molecule has 0 atom stereocenters. The number of anilines is 2. The summed E-state index contributed by atoms with van der Waals surface area (Å²) in [7, 11) is -1.09. The second-order valence-corrected chi connectivity index (χ2v) is 9.07. The number of fused-ring (bicyclic) bond motifs is 1. The lowest BCUT2D eigenvalue weighted by Crippen LogP contribution is -2.32. The van der Waals surface area contributed by atoms with E-state index < -0.39 is 50.6 Å². The molecule has 0 aliphatic rings. The Hall–Kier alpha value is -3.69. The number of rotatable bonds is 9. The van der Waals surface area contributed by atoms with E-state index in [1.165, 1.54) is 17.0 Å². The number of benzene rings is 2. The Kier molecular flexibility index (Phi) is 7.15. The molecule has 0 aliphatic carbocycles. The molecule has 15 heteroatoms. The van der Waals surface area contributed by atoms with E-state index in [2.05, 4.69) is 14.1 Å². The minimum absolute atomic E-state index is 0.216. The van der Waals surface area contributed by atoms with Gasteiger partial charge < -0.3 is 15.0 Å². The fourth-order valence-electron chi connectivity index (χ4n) is 2.72. The van der Waals surface area contributed by atoms with Crippen molar-refractivity contribution in [1.29, 1.82) is 0 Å². The summed E-state index contributed by atoms with van der Waals surface area (Å²) in [4.78, 5) is 35.6. The standard InChI is InChI=1S/C18H18N6O7S2/c1-23(2)14-7-6-11(8-15(14)24(27)28)33(29,30)19-9-17(26)31-10-16(25)20-12-4-3-5-13-18(12)22-32-21-13/h3-8,19H,9-10H2,1-2H3,(H,20,25). The Morgan fingerprint density at radius 1 is 1.21 bits per heavy atom. The highest BCUT2D eigenvalue weighted by molar-refractivity contribution is 7.89. The molecular weight excluding hydrogens is 476 g/mol. The highest BCUT2D eigenvalue weighted by atomic mass is 32.2.